The molecule has 12 heavy (non-hydrogen) atoms. The van der Waals surface area contributed by atoms with Crippen LogP contribution in [0.1, 0.15) is 5.56 Å². The average Bonchev–Trinajstić information content (AvgIpc) is 2.17. The lowest BCUT2D eigenvalue weighted by Crippen LogP contribution is -1.82. The van der Waals surface area contributed by atoms with Crippen molar-refractivity contribution in [2.24, 2.45) is 0 Å². The molecular formula is C12H10. The van der Waals surface area contributed by atoms with Gasteiger partial charge in [0.05, 0.1) is 0 Å². The second-order valence-corrected chi connectivity index (χ2v) is 2.79. The SMILES string of the molecule is [CH2]Cc1[c]ccc2ccccc12. The van der Waals surface area contributed by atoms with Gasteiger partial charge in [-0.15, -0.1) is 0 Å². The fraction of sp³-hybridized carbons (Fsp3) is 0.0833. The van der Waals surface area contributed by atoms with E-state index in [2.05, 4.69) is 43.3 Å². The highest BCUT2D eigenvalue weighted by atomic mass is 14.0. The minimum absolute atomic E-state index is 0.807. The summed E-state index contributed by atoms with van der Waals surface area (Å²) in [4.78, 5) is 0. The highest BCUT2D eigenvalue weighted by Gasteiger charge is 1.96. The van der Waals surface area contributed by atoms with E-state index in [1.165, 1.54) is 16.3 Å². The summed E-state index contributed by atoms with van der Waals surface area (Å²) in [6.07, 6.45) is 0.807. The molecule has 2 rings (SSSR count). The van der Waals surface area contributed by atoms with E-state index in [1.807, 2.05) is 6.07 Å². The van der Waals surface area contributed by atoms with Crippen molar-refractivity contribution in [3.63, 3.8) is 0 Å². The Morgan fingerprint density at radius 2 is 2.00 bits per heavy atom. The van der Waals surface area contributed by atoms with Gasteiger partial charge in [-0.3, -0.25) is 0 Å². The summed E-state index contributed by atoms with van der Waals surface area (Å²) in [5.41, 5.74) is 1.20. The Bertz CT molecular complexity index is 383. The Morgan fingerprint density at radius 3 is 2.83 bits per heavy atom. The fourth-order valence-electron chi connectivity index (χ4n) is 1.43. The minimum Gasteiger partial charge on any atom is -0.0616 e. The monoisotopic (exact) mass is 154 g/mol. The van der Waals surface area contributed by atoms with Gasteiger partial charge in [0.15, 0.2) is 0 Å². The van der Waals surface area contributed by atoms with E-state index < -0.39 is 0 Å². The molecule has 0 aliphatic rings. The van der Waals surface area contributed by atoms with Crippen LogP contribution in [0.3, 0.4) is 0 Å². The zero-order valence-electron chi connectivity index (χ0n) is 6.88. The largest absolute Gasteiger partial charge is 0.0616 e. The van der Waals surface area contributed by atoms with E-state index in [9.17, 15) is 0 Å². The van der Waals surface area contributed by atoms with Gasteiger partial charge in [0.25, 0.3) is 0 Å². The maximum absolute atomic E-state index is 3.87. The van der Waals surface area contributed by atoms with Crippen LogP contribution in [0.15, 0.2) is 36.4 Å². The van der Waals surface area contributed by atoms with E-state index in [0.717, 1.165) is 6.42 Å². The van der Waals surface area contributed by atoms with Gasteiger partial charge in [0.1, 0.15) is 0 Å². The first kappa shape index (κ1) is 7.35. The maximum atomic E-state index is 3.87. The van der Waals surface area contributed by atoms with E-state index in [4.69, 9.17) is 0 Å². The van der Waals surface area contributed by atoms with E-state index in [1.54, 1.807) is 0 Å². The highest BCUT2D eigenvalue weighted by molar-refractivity contribution is 5.85. The lowest BCUT2D eigenvalue weighted by Gasteiger charge is -2.01. The predicted octanol–water partition coefficient (Wildman–Crippen LogP) is 3.02. The molecule has 0 atom stereocenters. The zero-order valence-corrected chi connectivity index (χ0v) is 6.88. The third-order valence-electron chi connectivity index (χ3n) is 2.06. The van der Waals surface area contributed by atoms with Crippen LogP contribution in [-0.4, -0.2) is 0 Å². The molecule has 0 N–H and O–H groups in total. The summed E-state index contributed by atoms with van der Waals surface area (Å²) >= 11 is 0. The molecule has 0 unspecified atom stereocenters. The van der Waals surface area contributed by atoms with Gasteiger partial charge in [0, 0.05) is 0 Å². The number of benzene rings is 2. The third kappa shape index (κ3) is 1.10. The molecule has 58 valence electrons. The van der Waals surface area contributed by atoms with Crippen LogP contribution in [-0.2, 0) is 6.42 Å². The summed E-state index contributed by atoms with van der Waals surface area (Å²) in [7, 11) is 0. The summed E-state index contributed by atoms with van der Waals surface area (Å²) in [5.74, 6) is 0. The van der Waals surface area contributed by atoms with Gasteiger partial charge in [-0.25, -0.2) is 0 Å². The van der Waals surface area contributed by atoms with Crippen molar-refractivity contribution in [3.05, 3.63) is 55.0 Å². The first-order valence-corrected chi connectivity index (χ1v) is 4.09. The Morgan fingerprint density at radius 1 is 1.17 bits per heavy atom. The van der Waals surface area contributed by atoms with Crippen LogP contribution < -0.4 is 0 Å². The van der Waals surface area contributed by atoms with Gasteiger partial charge in [0.2, 0.25) is 0 Å². The zero-order chi connectivity index (χ0) is 8.39. The minimum atomic E-state index is 0.807. The fourth-order valence-corrected chi connectivity index (χ4v) is 1.43. The van der Waals surface area contributed by atoms with Crippen LogP contribution in [0.5, 0.6) is 0 Å². The van der Waals surface area contributed by atoms with Crippen molar-refractivity contribution >= 4 is 10.8 Å². The van der Waals surface area contributed by atoms with Gasteiger partial charge in [-0.1, -0.05) is 36.4 Å². The summed E-state index contributed by atoms with van der Waals surface area (Å²) in [6.45, 7) is 3.87. The molecule has 0 nitrogen and oxygen atoms in total. The predicted molar refractivity (Wildman–Crippen MR) is 51.8 cm³/mol. The van der Waals surface area contributed by atoms with Crippen molar-refractivity contribution in [2.75, 3.05) is 0 Å². The molecule has 2 radical (unpaired) electrons. The topological polar surface area (TPSA) is 0 Å². The normalized spacial score (nSPS) is 10.4. The highest BCUT2D eigenvalue weighted by Crippen LogP contribution is 2.17. The molecule has 0 aliphatic carbocycles. The van der Waals surface area contributed by atoms with Crippen molar-refractivity contribution in [1.82, 2.24) is 0 Å². The molecule has 0 amide bonds. The molecule has 0 spiro atoms. The van der Waals surface area contributed by atoms with Crippen molar-refractivity contribution < 1.29 is 0 Å². The third-order valence-corrected chi connectivity index (χ3v) is 2.06. The summed E-state index contributed by atoms with van der Waals surface area (Å²) in [5, 5.41) is 2.55. The molecule has 0 bridgehead atoms. The smallest absolute Gasteiger partial charge is 0.0143 e. The van der Waals surface area contributed by atoms with Crippen LogP contribution in [0.25, 0.3) is 10.8 Å². The summed E-state index contributed by atoms with van der Waals surface area (Å²) in [6, 6.07) is 15.6. The first-order valence-electron chi connectivity index (χ1n) is 4.09. The second kappa shape index (κ2) is 2.98. The lowest BCUT2D eigenvalue weighted by molar-refractivity contribution is 1.30. The van der Waals surface area contributed by atoms with Crippen LogP contribution in [0.2, 0.25) is 0 Å². The lowest BCUT2D eigenvalue weighted by atomic mass is 10.0. The molecule has 2 aromatic carbocycles. The van der Waals surface area contributed by atoms with Crippen LogP contribution in [0.4, 0.5) is 0 Å². The number of hydrogen-bond acceptors (Lipinski definition) is 0. The molecule has 0 heteroatoms. The molecule has 0 aromatic heterocycles. The van der Waals surface area contributed by atoms with E-state index in [-0.39, 0.29) is 0 Å². The van der Waals surface area contributed by atoms with Crippen molar-refractivity contribution in [2.45, 2.75) is 6.42 Å². The number of hydrogen-bond donors (Lipinski definition) is 0. The number of fused-ring (bicyclic) bond motifs is 1. The van der Waals surface area contributed by atoms with Gasteiger partial charge in [-0.2, -0.15) is 0 Å². The molecule has 0 aliphatic heterocycles. The Balaban J connectivity index is 2.79. The molecule has 2 aromatic rings. The second-order valence-electron chi connectivity index (χ2n) is 2.79. The first-order chi connectivity index (χ1) is 5.92. The quantitative estimate of drug-likeness (QED) is 0.592. The van der Waals surface area contributed by atoms with Crippen molar-refractivity contribution in [1.29, 1.82) is 0 Å². The van der Waals surface area contributed by atoms with E-state index >= 15 is 0 Å². The van der Waals surface area contributed by atoms with Gasteiger partial charge in [-0.05, 0) is 35.7 Å². The molecule has 0 fully saturated rings. The Hall–Kier alpha value is -1.30. The molecule has 0 saturated carbocycles. The van der Waals surface area contributed by atoms with Gasteiger partial charge >= 0.3 is 0 Å². The maximum Gasteiger partial charge on any atom is -0.0143 e. The van der Waals surface area contributed by atoms with E-state index in [0.29, 0.717) is 0 Å². The van der Waals surface area contributed by atoms with Gasteiger partial charge < -0.3 is 0 Å². The average molecular weight is 154 g/mol. The standard InChI is InChI=1S/C12H10/c1-2-10-7-5-8-11-6-3-4-9-12(10)11/h3-6,8-9H,1-2H2. The number of rotatable bonds is 1. The van der Waals surface area contributed by atoms with Crippen LogP contribution >= 0.6 is 0 Å². The Kier molecular flexibility index (Phi) is 1.83. The van der Waals surface area contributed by atoms with Crippen molar-refractivity contribution in [3.8, 4) is 0 Å². The summed E-state index contributed by atoms with van der Waals surface area (Å²) < 4.78 is 0. The molecule has 0 saturated heterocycles. The Labute approximate surface area is 72.8 Å². The molecular weight excluding hydrogens is 144 g/mol. The van der Waals surface area contributed by atoms with Crippen LogP contribution in [0, 0.1) is 13.0 Å². The molecule has 0 heterocycles.